The fourth-order valence-electron chi connectivity index (χ4n) is 2.71. The molecule has 2 aromatic rings. The van der Waals surface area contributed by atoms with E-state index < -0.39 is 12.1 Å². The summed E-state index contributed by atoms with van der Waals surface area (Å²) in [5.74, 6) is 0.532. The zero-order chi connectivity index (χ0) is 20.4. The molecule has 6 heteroatoms. The Labute approximate surface area is 165 Å². The van der Waals surface area contributed by atoms with Gasteiger partial charge in [0.15, 0.2) is 17.6 Å². The lowest BCUT2D eigenvalue weighted by atomic mass is 10.1. The summed E-state index contributed by atoms with van der Waals surface area (Å²) in [5, 5.41) is 2.79. The molecule has 0 fully saturated rings. The second kappa shape index (κ2) is 11.0. The molecular weight excluding hydrogens is 358 g/mol. The van der Waals surface area contributed by atoms with Gasteiger partial charge < -0.3 is 19.5 Å². The third-order valence-corrected chi connectivity index (χ3v) is 4.30. The van der Waals surface area contributed by atoms with Crippen LogP contribution in [0.1, 0.15) is 24.5 Å². The molecule has 0 radical (unpaired) electrons. The van der Waals surface area contributed by atoms with Crippen molar-refractivity contribution in [2.45, 2.75) is 32.3 Å². The van der Waals surface area contributed by atoms with Crippen LogP contribution < -0.4 is 14.8 Å². The number of rotatable bonds is 10. The van der Waals surface area contributed by atoms with Gasteiger partial charge in [0, 0.05) is 13.0 Å². The molecule has 0 aliphatic heterocycles. The Morgan fingerprint density at radius 3 is 2.32 bits per heavy atom. The molecule has 1 atom stereocenters. The van der Waals surface area contributed by atoms with E-state index in [4.69, 9.17) is 14.2 Å². The number of aryl methyl sites for hydroxylation is 1. The molecule has 0 heterocycles. The van der Waals surface area contributed by atoms with Crippen molar-refractivity contribution in [1.82, 2.24) is 5.32 Å². The Hall–Kier alpha value is -3.02. The lowest BCUT2D eigenvalue weighted by molar-refractivity contribution is -0.154. The molecule has 0 saturated carbocycles. The van der Waals surface area contributed by atoms with Gasteiger partial charge in [0.05, 0.1) is 14.2 Å². The van der Waals surface area contributed by atoms with Gasteiger partial charge in [0.1, 0.15) is 0 Å². The van der Waals surface area contributed by atoms with Gasteiger partial charge in [-0.05, 0) is 43.0 Å². The number of methoxy groups -OCH3 is 2. The second-order valence-corrected chi connectivity index (χ2v) is 6.35. The maximum absolute atomic E-state index is 12.1. The van der Waals surface area contributed by atoms with Gasteiger partial charge >= 0.3 is 5.97 Å². The first-order chi connectivity index (χ1) is 13.5. The Bertz CT molecular complexity index is 776. The highest BCUT2D eigenvalue weighted by molar-refractivity contribution is 5.83. The van der Waals surface area contributed by atoms with Crippen LogP contribution in [-0.4, -0.2) is 38.7 Å². The minimum atomic E-state index is -0.825. The Morgan fingerprint density at radius 2 is 1.64 bits per heavy atom. The molecule has 0 unspecified atom stereocenters. The fourth-order valence-corrected chi connectivity index (χ4v) is 2.71. The van der Waals surface area contributed by atoms with Gasteiger partial charge in [-0.15, -0.1) is 0 Å². The number of carbonyl (C=O) groups excluding carboxylic acids is 2. The van der Waals surface area contributed by atoms with Crippen molar-refractivity contribution in [2.24, 2.45) is 0 Å². The van der Waals surface area contributed by atoms with Gasteiger partial charge in [-0.2, -0.15) is 0 Å². The monoisotopic (exact) mass is 385 g/mol. The Kier molecular flexibility index (Phi) is 8.34. The maximum Gasteiger partial charge on any atom is 0.306 e. The highest BCUT2D eigenvalue weighted by Crippen LogP contribution is 2.28. The van der Waals surface area contributed by atoms with Gasteiger partial charge in [-0.3, -0.25) is 9.59 Å². The molecule has 6 nitrogen and oxygen atoms in total. The SMILES string of the molecule is COc1ccc(CCC(=O)O[C@@H](C)C(=O)NCCc2ccccc2)cc1OC. The molecule has 0 spiro atoms. The lowest BCUT2D eigenvalue weighted by Gasteiger charge is -2.14. The molecule has 28 heavy (non-hydrogen) atoms. The molecule has 0 bridgehead atoms. The van der Waals surface area contributed by atoms with Crippen molar-refractivity contribution in [3.05, 3.63) is 59.7 Å². The average molecular weight is 385 g/mol. The van der Waals surface area contributed by atoms with Crippen LogP contribution in [-0.2, 0) is 27.2 Å². The van der Waals surface area contributed by atoms with E-state index in [0.29, 0.717) is 24.5 Å². The van der Waals surface area contributed by atoms with Crippen LogP contribution in [0.25, 0.3) is 0 Å². The van der Waals surface area contributed by atoms with E-state index in [2.05, 4.69) is 5.32 Å². The van der Waals surface area contributed by atoms with Crippen molar-refractivity contribution < 1.29 is 23.8 Å². The third-order valence-electron chi connectivity index (χ3n) is 4.30. The minimum Gasteiger partial charge on any atom is -0.493 e. The van der Waals surface area contributed by atoms with E-state index in [9.17, 15) is 9.59 Å². The van der Waals surface area contributed by atoms with E-state index in [1.807, 2.05) is 42.5 Å². The van der Waals surface area contributed by atoms with E-state index in [1.54, 1.807) is 27.2 Å². The Balaban J connectivity index is 1.73. The van der Waals surface area contributed by atoms with E-state index in [1.165, 1.54) is 0 Å². The molecule has 0 aliphatic rings. The van der Waals surface area contributed by atoms with Crippen molar-refractivity contribution in [3.63, 3.8) is 0 Å². The summed E-state index contributed by atoms with van der Waals surface area (Å²) in [6.45, 7) is 2.07. The molecule has 2 rings (SSSR count). The first kappa shape index (κ1) is 21.3. The second-order valence-electron chi connectivity index (χ2n) is 6.35. The summed E-state index contributed by atoms with van der Waals surface area (Å²) >= 11 is 0. The first-order valence-electron chi connectivity index (χ1n) is 9.25. The number of benzene rings is 2. The third kappa shape index (κ3) is 6.61. The standard InChI is InChI=1S/C22H27NO5/c1-16(22(25)23-14-13-17-7-5-4-6-8-17)28-21(24)12-10-18-9-11-19(26-2)20(15-18)27-3/h4-9,11,15-16H,10,12-14H2,1-3H3,(H,23,25)/t16-/m0/s1. The van der Waals surface area contributed by atoms with Crippen LogP contribution in [0.15, 0.2) is 48.5 Å². The molecule has 0 aliphatic carbocycles. The number of nitrogens with one attached hydrogen (secondary N) is 1. The van der Waals surface area contributed by atoms with Crippen molar-refractivity contribution in [1.29, 1.82) is 0 Å². The number of hydrogen-bond acceptors (Lipinski definition) is 5. The lowest BCUT2D eigenvalue weighted by Crippen LogP contribution is -2.36. The molecule has 2 aromatic carbocycles. The minimum absolute atomic E-state index is 0.178. The summed E-state index contributed by atoms with van der Waals surface area (Å²) in [7, 11) is 3.13. The molecule has 1 amide bonds. The van der Waals surface area contributed by atoms with Crippen LogP contribution in [0.5, 0.6) is 11.5 Å². The Morgan fingerprint density at radius 1 is 0.929 bits per heavy atom. The zero-order valence-corrected chi connectivity index (χ0v) is 16.6. The highest BCUT2D eigenvalue weighted by atomic mass is 16.5. The highest BCUT2D eigenvalue weighted by Gasteiger charge is 2.17. The summed E-state index contributed by atoms with van der Waals surface area (Å²) in [6.07, 6.45) is 0.569. The molecule has 1 N–H and O–H groups in total. The number of amides is 1. The summed E-state index contributed by atoms with van der Waals surface area (Å²) in [4.78, 5) is 24.1. The largest absolute Gasteiger partial charge is 0.493 e. The molecule has 0 aromatic heterocycles. The number of hydrogen-bond donors (Lipinski definition) is 1. The molecular formula is C22H27NO5. The topological polar surface area (TPSA) is 73.9 Å². The predicted octanol–water partition coefficient (Wildman–Crippen LogP) is 2.93. The van der Waals surface area contributed by atoms with Crippen molar-refractivity contribution in [2.75, 3.05) is 20.8 Å². The van der Waals surface area contributed by atoms with Gasteiger partial charge in [0.25, 0.3) is 5.91 Å². The maximum atomic E-state index is 12.1. The van der Waals surface area contributed by atoms with Crippen LogP contribution >= 0.6 is 0 Å². The van der Waals surface area contributed by atoms with Crippen LogP contribution in [0, 0.1) is 0 Å². The number of ether oxygens (including phenoxy) is 3. The fraction of sp³-hybridized carbons (Fsp3) is 0.364. The van der Waals surface area contributed by atoms with Crippen LogP contribution in [0.4, 0.5) is 0 Å². The van der Waals surface area contributed by atoms with E-state index in [0.717, 1.165) is 17.5 Å². The zero-order valence-electron chi connectivity index (χ0n) is 16.6. The molecule has 0 saturated heterocycles. The van der Waals surface area contributed by atoms with Gasteiger partial charge in [0.2, 0.25) is 0 Å². The van der Waals surface area contributed by atoms with E-state index >= 15 is 0 Å². The average Bonchev–Trinajstić information content (AvgIpc) is 2.72. The molecule has 150 valence electrons. The van der Waals surface area contributed by atoms with Crippen LogP contribution in [0.2, 0.25) is 0 Å². The van der Waals surface area contributed by atoms with E-state index in [-0.39, 0.29) is 12.3 Å². The summed E-state index contributed by atoms with van der Waals surface area (Å²) < 4.78 is 15.7. The number of carbonyl (C=O) groups is 2. The predicted molar refractivity (Wildman–Crippen MR) is 107 cm³/mol. The van der Waals surface area contributed by atoms with Crippen molar-refractivity contribution in [3.8, 4) is 11.5 Å². The summed E-state index contributed by atoms with van der Waals surface area (Å²) in [5.41, 5.74) is 2.07. The van der Waals surface area contributed by atoms with Crippen molar-refractivity contribution >= 4 is 11.9 Å². The smallest absolute Gasteiger partial charge is 0.306 e. The van der Waals surface area contributed by atoms with Gasteiger partial charge in [-0.25, -0.2) is 0 Å². The number of esters is 1. The first-order valence-corrected chi connectivity index (χ1v) is 9.25. The van der Waals surface area contributed by atoms with Gasteiger partial charge in [-0.1, -0.05) is 36.4 Å². The normalized spacial score (nSPS) is 11.4. The van der Waals surface area contributed by atoms with Crippen LogP contribution in [0.3, 0.4) is 0 Å². The summed E-state index contributed by atoms with van der Waals surface area (Å²) in [6, 6.07) is 15.4. The quantitative estimate of drug-likeness (QED) is 0.637.